The van der Waals surface area contributed by atoms with E-state index in [0.717, 1.165) is 17.4 Å². The lowest BCUT2D eigenvalue weighted by Gasteiger charge is -2.15. The molecule has 0 aliphatic carbocycles. The summed E-state index contributed by atoms with van der Waals surface area (Å²) < 4.78 is 23.7. The Balaban J connectivity index is 2.37. The largest absolute Gasteiger partial charge is 0.411 e. The molecule has 0 aromatic heterocycles. The summed E-state index contributed by atoms with van der Waals surface area (Å²) in [6.07, 6.45) is 1.52. The first-order valence-corrected chi connectivity index (χ1v) is 8.99. The summed E-state index contributed by atoms with van der Waals surface area (Å²) in [5.41, 5.74) is 2.89. The molecule has 0 spiro atoms. The van der Waals surface area contributed by atoms with Crippen LogP contribution in [0, 0.1) is 0 Å². The lowest BCUT2D eigenvalue weighted by atomic mass is 10.0. The van der Waals surface area contributed by atoms with E-state index in [1.807, 2.05) is 42.5 Å². The predicted octanol–water partition coefficient (Wildman–Crippen LogP) is 3.36. The third-order valence-electron chi connectivity index (χ3n) is 3.59. The van der Waals surface area contributed by atoms with E-state index in [1.54, 1.807) is 19.1 Å². The van der Waals surface area contributed by atoms with Crippen LogP contribution >= 0.6 is 0 Å². The molecule has 4 nitrogen and oxygen atoms in total. The van der Waals surface area contributed by atoms with Crippen molar-refractivity contribution < 1.29 is 13.6 Å². The van der Waals surface area contributed by atoms with Crippen LogP contribution in [0.25, 0.3) is 11.1 Å². The number of benzene rings is 2. The van der Waals surface area contributed by atoms with Gasteiger partial charge in [0, 0.05) is 11.8 Å². The zero-order valence-electron chi connectivity index (χ0n) is 12.6. The third kappa shape index (κ3) is 3.54. The minimum atomic E-state index is -3.33. The molecular formula is C17H19NO3S. The molecule has 2 aromatic carbocycles. The minimum absolute atomic E-state index is 0.185. The van der Waals surface area contributed by atoms with Gasteiger partial charge < -0.3 is 5.21 Å². The number of hydrogen-bond donors (Lipinski definition) is 1. The van der Waals surface area contributed by atoms with Gasteiger partial charge in [-0.3, -0.25) is 0 Å². The zero-order valence-corrected chi connectivity index (χ0v) is 13.4. The Labute approximate surface area is 131 Å². The lowest BCUT2D eigenvalue weighted by Crippen LogP contribution is -2.29. The van der Waals surface area contributed by atoms with Gasteiger partial charge in [0.25, 0.3) is 0 Å². The molecule has 2 aromatic rings. The number of sulfone groups is 1. The molecule has 0 amide bonds. The highest BCUT2D eigenvalue weighted by Crippen LogP contribution is 2.21. The van der Waals surface area contributed by atoms with Gasteiger partial charge in [0.05, 0.1) is 0 Å². The van der Waals surface area contributed by atoms with Gasteiger partial charge >= 0.3 is 0 Å². The Bertz CT molecular complexity index is 750. The summed E-state index contributed by atoms with van der Waals surface area (Å²) >= 11 is 0. The fourth-order valence-electron chi connectivity index (χ4n) is 2.47. The van der Waals surface area contributed by atoms with Gasteiger partial charge in [-0.25, -0.2) is 8.42 Å². The third-order valence-corrected chi connectivity index (χ3v) is 5.18. The quantitative estimate of drug-likeness (QED) is 0.522. The second-order valence-corrected chi connectivity index (χ2v) is 7.38. The summed E-state index contributed by atoms with van der Waals surface area (Å²) in [6.45, 7) is 1.76. The van der Waals surface area contributed by atoms with Crippen LogP contribution in [0.3, 0.4) is 0 Å². The standard InChI is InChI=1S/C17H19NO3S/c1-3-16(22(2,20)21)17(18-19)15-11-9-14(10-12-15)13-7-5-4-6-8-13/h4-12,16,19H,3H2,1-2H3/b18-17+. The fraction of sp³-hybridized carbons (Fsp3) is 0.235. The van der Waals surface area contributed by atoms with Crippen LogP contribution in [0.4, 0.5) is 0 Å². The number of hydrogen-bond acceptors (Lipinski definition) is 4. The topological polar surface area (TPSA) is 66.7 Å². The van der Waals surface area contributed by atoms with Crippen LogP contribution in [0.1, 0.15) is 18.9 Å². The highest BCUT2D eigenvalue weighted by Gasteiger charge is 2.26. The van der Waals surface area contributed by atoms with Crippen LogP contribution in [0.2, 0.25) is 0 Å². The van der Waals surface area contributed by atoms with Gasteiger partial charge in [0.15, 0.2) is 9.84 Å². The van der Waals surface area contributed by atoms with Gasteiger partial charge in [-0.2, -0.15) is 0 Å². The van der Waals surface area contributed by atoms with Gasteiger partial charge in [-0.05, 0) is 17.5 Å². The maximum Gasteiger partial charge on any atom is 0.156 e. The van der Waals surface area contributed by atoms with Crippen molar-refractivity contribution in [3.05, 3.63) is 60.2 Å². The SMILES string of the molecule is CCC(/C(=N/O)c1ccc(-c2ccccc2)cc1)S(C)(=O)=O. The van der Waals surface area contributed by atoms with Crippen molar-refractivity contribution in [3.63, 3.8) is 0 Å². The van der Waals surface area contributed by atoms with Crippen molar-refractivity contribution >= 4 is 15.5 Å². The Morgan fingerprint density at radius 1 is 1.05 bits per heavy atom. The maximum atomic E-state index is 11.8. The molecule has 0 radical (unpaired) electrons. The Kier molecular flexibility index (Phi) is 4.98. The lowest BCUT2D eigenvalue weighted by molar-refractivity contribution is 0.318. The molecule has 0 heterocycles. The van der Waals surface area contributed by atoms with E-state index in [-0.39, 0.29) is 5.71 Å². The van der Waals surface area contributed by atoms with Crippen LogP contribution in [0.15, 0.2) is 59.8 Å². The van der Waals surface area contributed by atoms with E-state index < -0.39 is 15.1 Å². The summed E-state index contributed by atoms with van der Waals surface area (Å²) in [6, 6.07) is 17.2. The first kappa shape index (κ1) is 16.2. The monoisotopic (exact) mass is 317 g/mol. The first-order chi connectivity index (χ1) is 10.5. The van der Waals surface area contributed by atoms with Crippen molar-refractivity contribution in [3.8, 4) is 11.1 Å². The second-order valence-electron chi connectivity index (χ2n) is 5.16. The minimum Gasteiger partial charge on any atom is -0.411 e. The molecule has 0 aliphatic rings. The van der Waals surface area contributed by atoms with E-state index >= 15 is 0 Å². The molecule has 1 unspecified atom stereocenters. The number of nitrogens with zero attached hydrogens (tertiary/aromatic N) is 1. The van der Waals surface area contributed by atoms with Crippen LogP contribution in [0.5, 0.6) is 0 Å². The smallest absolute Gasteiger partial charge is 0.156 e. The average molecular weight is 317 g/mol. The van der Waals surface area contributed by atoms with E-state index in [4.69, 9.17) is 0 Å². The Hall–Kier alpha value is -2.14. The summed E-state index contributed by atoms with van der Waals surface area (Å²) in [5, 5.41) is 11.7. The van der Waals surface area contributed by atoms with E-state index in [1.165, 1.54) is 0 Å². The van der Waals surface area contributed by atoms with Crippen LogP contribution in [-0.2, 0) is 9.84 Å². The zero-order chi connectivity index (χ0) is 16.2. The molecule has 116 valence electrons. The normalized spacial score (nSPS) is 13.8. The highest BCUT2D eigenvalue weighted by molar-refractivity contribution is 7.92. The second kappa shape index (κ2) is 6.75. The first-order valence-electron chi connectivity index (χ1n) is 7.04. The molecule has 0 bridgehead atoms. The Morgan fingerprint density at radius 2 is 1.59 bits per heavy atom. The fourth-order valence-corrected chi connectivity index (χ4v) is 3.67. The van der Waals surface area contributed by atoms with Crippen LogP contribution in [-0.4, -0.2) is 30.8 Å². The molecule has 1 atom stereocenters. The molecule has 5 heteroatoms. The van der Waals surface area contributed by atoms with Crippen molar-refractivity contribution in [2.45, 2.75) is 18.6 Å². The average Bonchev–Trinajstić information content (AvgIpc) is 2.52. The molecular weight excluding hydrogens is 298 g/mol. The molecule has 0 fully saturated rings. The van der Waals surface area contributed by atoms with Crippen molar-refractivity contribution in [2.24, 2.45) is 5.16 Å². The van der Waals surface area contributed by atoms with Crippen molar-refractivity contribution in [2.75, 3.05) is 6.26 Å². The molecule has 22 heavy (non-hydrogen) atoms. The summed E-state index contributed by atoms with van der Waals surface area (Å²) in [5.74, 6) is 0. The summed E-state index contributed by atoms with van der Waals surface area (Å²) in [4.78, 5) is 0. The predicted molar refractivity (Wildman–Crippen MR) is 89.1 cm³/mol. The van der Waals surface area contributed by atoms with Crippen molar-refractivity contribution in [1.82, 2.24) is 0 Å². The number of rotatable bonds is 5. The molecule has 2 rings (SSSR count). The van der Waals surface area contributed by atoms with E-state index in [2.05, 4.69) is 5.16 Å². The molecule has 0 aliphatic heterocycles. The van der Waals surface area contributed by atoms with Gasteiger partial charge in [-0.1, -0.05) is 66.7 Å². The molecule has 0 saturated heterocycles. The van der Waals surface area contributed by atoms with Gasteiger partial charge in [0.2, 0.25) is 0 Å². The van der Waals surface area contributed by atoms with Crippen LogP contribution < -0.4 is 0 Å². The van der Waals surface area contributed by atoms with E-state index in [0.29, 0.717) is 12.0 Å². The summed E-state index contributed by atoms with van der Waals surface area (Å²) in [7, 11) is -3.33. The molecule has 0 saturated carbocycles. The number of oxime groups is 1. The van der Waals surface area contributed by atoms with Gasteiger partial charge in [0.1, 0.15) is 11.0 Å². The van der Waals surface area contributed by atoms with E-state index in [9.17, 15) is 13.6 Å². The Morgan fingerprint density at radius 3 is 2.05 bits per heavy atom. The van der Waals surface area contributed by atoms with Gasteiger partial charge in [-0.15, -0.1) is 0 Å². The molecule has 1 N–H and O–H groups in total. The highest BCUT2D eigenvalue weighted by atomic mass is 32.2. The van der Waals surface area contributed by atoms with Crippen molar-refractivity contribution in [1.29, 1.82) is 0 Å². The maximum absolute atomic E-state index is 11.8.